The SMILES string of the molecule is COc1ccc(-c2nnc(N[C@@H]3O[C@H](COC(C)=O)[C@H](OC(C)=O)[C@H](OC(C)=O)[C@@H]3OC(C)=O)o2)cc1. The number of ether oxygens (including phenoxy) is 6. The minimum absolute atomic E-state index is 0.119. The van der Waals surface area contributed by atoms with Crippen LogP contribution in [0.4, 0.5) is 6.01 Å². The molecule has 0 unspecified atom stereocenters. The first-order chi connectivity index (χ1) is 17.6. The van der Waals surface area contributed by atoms with E-state index < -0.39 is 54.5 Å². The Morgan fingerprint density at radius 2 is 1.43 bits per heavy atom. The van der Waals surface area contributed by atoms with Gasteiger partial charge >= 0.3 is 29.9 Å². The van der Waals surface area contributed by atoms with E-state index in [2.05, 4.69) is 15.5 Å². The maximum absolute atomic E-state index is 11.9. The molecule has 2 aromatic rings. The molecule has 0 spiro atoms. The summed E-state index contributed by atoms with van der Waals surface area (Å²) >= 11 is 0. The molecule has 0 aliphatic carbocycles. The van der Waals surface area contributed by atoms with Gasteiger partial charge in [-0.1, -0.05) is 5.10 Å². The summed E-state index contributed by atoms with van der Waals surface area (Å²) in [6, 6.07) is 6.74. The molecule has 14 heteroatoms. The molecular weight excluding hydrogens is 494 g/mol. The number of nitrogens with zero attached hydrogens (tertiary/aromatic N) is 2. The van der Waals surface area contributed by atoms with Crippen LogP contribution in [0.5, 0.6) is 5.75 Å². The average Bonchev–Trinajstić information content (AvgIpc) is 3.29. The Morgan fingerprint density at radius 1 is 0.838 bits per heavy atom. The van der Waals surface area contributed by atoms with Crippen LogP contribution in [-0.2, 0) is 42.9 Å². The summed E-state index contributed by atoms with van der Waals surface area (Å²) in [4.78, 5) is 47.1. The Kier molecular flexibility index (Phi) is 9.00. The number of carbonyl (C=O) groups excluding carboxylic acids is 4. The molecule has 3 rings (SSSR count). The maximum Gasteiger partial charge on any atom is 0.317 e. The summed E-state index contributed by atoms with van der Waals surface area (Å²) in [6.07, 6.45) is -6.30. The molecule has 0 amide bonds. The quantitative estimate of drug-likeness (QED) is 0.368. The standard InChI is InChI=1S/C23H27N3O11/c1-11(27)32-10-17-18(33-12(2)28)19(34-13(3)29)20(35-14(4)30)22(36-17)24-23-26-25-21(37-23)15-6-8-16(31-5)9-7-15/h6-9,17-20,22H,10H2,1-5H3,(H,24,26)/t17-,18+,19+,20+,22-/m1/s1. The van der Waals surface area contributed by atoms with E-state index in [1.54, 1.807) is 24.3 Å². The van der Waals surface area contributed by atoms with Gasteiger partial charge in [-0.3, -0.25) is 19.2 Å². The summed E-state index contributed by atoms with van der Waals surface area (Å²) in [6.45, 7) is 4.23. The van der Waals surface area contributed by atoms with Crippen LogP contribution in [0, 0.1) is 0 Å². The largest absolute Gasteiger partial charge is 0.497 e. The Hall–Kier alpha value is -4.20. The molecule has 1 saturated heterocycles. The number of aromatic nitrogens is 2. The molecule has 200 valence electrons. The fraction of sp³-hybridized carbons (Fsp3) is 0.478. The summed E-state index contributed by atoms with van der Waals surface area (Å²) in [5.74, 6) is -2.03. The average molecular weight is 521 g/mol. The van der Waals surface area contributed by atoms with E-state index in [1.165, 1.54) is 14.0 Å². The molecule has 1 fully saturated rings. The second-order valence-corrected chi connectivity index (χ2v) is 7.91. The van der Waals surface area contributed by atoms with Crippen molar-refractivity contribution in [3.05, 3.63) is 24.3 Å². The molecule has 1 aromatic heterocycles. The minimum Gasteiger partial charge on any atom is -0.497 e. The molecule has 0 radical (unpaired) electrons. The highest BCUT2D eigenvalue weighted by Crippen LogP contribution is 2.31. The monoisotopic (exact) mass is 521 g/mol. The molecule has 37 heavy (non-hydrogen) atoms. The van der Waals surface area contributed by atoms with E-state index in [0.717, 1.165) is 20.8 Å². The number of hydrogen-bond acceptors (Lipinski definition) is 14. The van der Waals surface area contributed by atoms with Crippen molar-refractivity contribution in [1.29, 1.82) is 0 Å². The molecule has 5 atom stereocenters. The zero-order chi connectivity index (χ0) is 27.1. The highest BCUT2D eigenvalue weighted by molar-refractivity contribution is 5.69. The lowest BCUT2D eigenvalue weighted by molar-refractivity contribution is -0.247. The van der Waals surface area contributed by atoms with Gasteiger partial charge in [0.1, 0.15) is 18.5 Å². The number of rotatable bonds is 9. The van der Waals surface area contributed by atoms with Gasteiger partial charge in [-0.15, -0.1) is 5.10 Å². The predicted octanol–water partition coefficient (Wildman–Crippen LogP) is 1.24. The molecule has 1 aliphatic rings. The predicted molar refractivity (Wildman–Crippen MR) is 122 cm³/mol. The third-order valence-electron chi connectivity index (χ3n) is 5.02. The number of benzene rings is 1. The van der Waals surface area contributed by atoms with Gasteiger partial charge in [0.2, 0.25) is 5.89 Å². The van der Waals surface area contributed by atoms with Crippen molar-refractivity contribution in [2.45, 2.75) is 58.3 Å². The van der Waals surface area contributed by atoms with Gasteiger partial charge in [0, 0.05) is 33.3 Å². The number of anilines is 1. The van der Waals surface area contributed by atoms with E-state index in [0.29, 0.717) is 11.3 Å². The topological polar surface area (TPSA) is 175 Å². The van der Waals surface area contributed by atoms with Crippen LogP contribution in [0.1, 0.15) is 27.7 Å². The van der Waals surface area contributed by atoms with Crippen LogP contribution in [0.2, 0.25) is 0 Å². The zero-order valence-corrected chi connectivity index (χ0v) is 20.8. The van der Waals surface area contributed by atoms with Crippen molar-refractivity contribution in [3.63, 3.8) is 0 Å². The fourth-order valence-corrected chi connectivity index (χ4v) is 3.60. The van der Waals surface area contributed by atoms with E-state index in [-0.39, 0.29) is 18.5 Å². The van der Waals surface area contributed by atoms with E-state index in [9.17, 15) is 19.2 Å². The maximum atomic E-state index is 11.9. The zero-order valence-electron chi connectivity index (χ0n) is 20.8. The number of hydrogen-bond donors (Lipinski definition) is 1. The Balaban J connectivity index is 1.92. The van der Waals surface area contributed by atoms with Crippen molar-refractivity contribution in [1.82, 2.24) is 10.2 Å². The van der Waals surface area contributed by atoms with Crippen molar-refractivity contribution in [2.75, 3.05) is 19.0 Å². The van der Waals surface area contributed by atoms with Crippen LogP contribution in [0.15, 0.2) is 28.7 Å². The second kappa shape index (κ2) is 12.2. The molecule has 1 N–H and O–H groups in total. The van der Waals surface area contributed by atoms with Crippen molar-refractivity contribution in [2.24, 2.45) is 0 Å². The minimum atomic E-state index is -1.33. The number of carbonyl (C=O) groups is 4. The first-order valence-electron chi connectivity index (χ1n) is 11.1. The van der Waals surface area contributed by atoms with Gasteiger partial charge in [-0.05, 0) is 24.3 Å². The van der Waals surface area contributed by atoms with Crippen molar-refractivity contribution < 1.29 is 52.0 Å². The van der Waals surface area contributed by atoms with Gasteiger partial charge in [-0.25, -0.2) is 0 Å². The molecule has 0 bridgehead atoms. The molecule has 0 saturated carbocycles. The lowest BCUT2D eigenvalue weighted by Crippen LogP contribution is -2.64. The lowest BCUT2D eigenvalue weighted by atomic mass is 9.97. The Bertz CT molecular complexity index is 1120. The Morgan fingerprint density at radius 3 is 2.00 bits per heavy atom. The van der Waals surface area contributed by atoms with Gasteiger partial charge in [0.05, 0.1) is 7.11 Å². The van der Waals surface area contributed by atoms with E-state index >= 15 is 0 Å². The molecular formula is C23H27N3O11. The third kappa shape index (κ3) is 7.39. The van der Waals surface area contributed by atoms with Gasteiger partial charge < -0.3 is 38.2 Å². The number of methoxy groups -OCH3 is 1. The van der Waals surface area contributed by atoms with Crippen LogP contribution in [0.25, 0.3) is 11.5 Å². The van der Waals surface area contributed by atoms with Gasteiger partial charge in [0.25, 0.3) is 0 Å². The smallest absolute Gasteiger partial charge is 0.317 e. The van der Waals surface area contributed by atoms with Crippen LogP contribution in [-0.4, -0.2) is 78.4 Å². The van der Waals surface area contributed by atoms with Crippen LogP contribution in [0.3, 0.4) is 0 Å². The summed E-state index contributed by atoms with van der Waals surface area (Å²) in [5.41, 5.74) is 0.600. The van der Waals surface area contributed by atoms with Gasteiger partial charge in [-0.2, -0.15) is 0 Å². The second-order valence-electron chi connectivity index (χ2n) is 7.91. The van der Waals surface area contributed by atoms with Crippen LogP contribution < -0.4 is 10.1 Å². The van der Waals surface area contributed by atoms with Crippen molar-refractivity contribution >= 4 is 29.9 Å². The number of nitrogens with one attached hydrogen (secondary N) is 1. The van der Waals surface area contributed by atoms with E-state index in [4.69, 9.17) is 32.8 Å². The third-order valence-corrected chi connectivity index (χ3v) is 5.02. The highest BCUT2D eigenvalue weighted by Gasteiger charge is 2.52. The first-order valence-corrected chi connectivity index (χ1v) is 11.1. The normalized spacial score (nSPS) is 22.9. The van der Waals surface area contributed by atoms with Crippen molar-refractivity contribution in [3.8, 4) is 17.2 Å². The van der Waals surface area contributed by atoms with Crippen LogP contribution >= 0.6 is 0 Å². The first kappa shape index (κ1) is 27.4. The molecule has 1 aliphatic heterocycles. The number of esters is 4. The summed E-state index contributed by atoms with van der Waals surface area (Å²) in [7, 11) is 1.54. The molecule has 2 heterocycles. The summed E-state index contributed by atoms with van der Waals surface area (Å²) < 4.78 is 37.9. The van der Waals surface area contributed by atoms with Gasteiger partial charge in [0.15, 0.2) is 24.5 Å². The van der Waals surface area contributed by atoms with E-state index in [1.807, 2.05) is 0 Å². The summed E-state index contributed by atoms with van der Waals surface area (Å²) in [5, 5.41) is 10.7. The molecule has 14 nitrogen and oxygen atoms in total. The highest BCUT2D eigenvalue weighted by atomic mass is 16.7. The Labute approximate surface area is 211 Å². The lowest BCUT2D eigenvalue weighted by Gasteiger charge is -2.44. The molecule has 1 aromatic carbocycles. The fourth-order valence-electron chi connectivity index (χ4n) is 3.60.